The molecule has 3 rings (SSSR count). The molecule has 2 aromatic rings. The summed E-state index contributed by atoms with van der Waals surface area (Å²) in [4.78, 5) is 16.1. The molecule has 92 valence electrons. The van der Waals surface area contributed by atoms with Crippen molar-refractivity contribution in [3.8, 4) is 0 Å². The fraction of sp³-hybridized carbons (Fsp3) is 0.231. The molecule has 1 atom stereocenters. The molecule has 2 heterocycles. The maximum atomic E-state index is 12.0. The molecule has 1 aliphatic heterocycles. The van der Waals surface area contributed by atoms with Crippen molar-refractivity contribution in [2.75, 3.05) is 5.32 Å². The minimum Gasteiger partial charge on any atom is -0.373 e. The molecule has 1 amide bonds. The van der Waals surface area contributed by atoms with Gasteiger partial charge >= 0.3 is 0 Å². The number of fused-ring (bicyclic) bond motifs is 1. The number of para-hydroxylation sites is 1. The lowest BCUT2D eigenvalue weighted by molar-refractivity contribution is -0.121. The van der Waals surface area contributed by atoms with Crippen LogP contribution in [0.15, 0.2) is 35.8 Å². The van der Waals surface area contributed by atoms with E-state index in [0.29, 0.717) is 6.54 Å². The van der Waals surface area contributed by atoms with Crippen molar-refractivity contribution < 1.29 is 4.79 Å². The first-order valence-electron chi connectivity index (χ1n) is 5.83. The van der Waals surface area contributed by atoms with E-state index in [1.54, 1.807) is 17.5 Å². The third kappa shape index (κ3) is 2.22. The number of nitrogens with one attached hydrogen (secondary N) is 2. The average Bonchev–Trinajstić information content (AvgIpc) is 3.04. The molecule has 0 fully saturated rings. The van der Waals surface area contributed by atoms with Crippen LogP contribution in [0, 0.1) is 0 Å². The molecule has 0 saturated carbocycles. The third-order valence-corrected chi connectivity index (χ3v) is 3.76. The number of anilines is 1. The molecule has 2 N–H and O–H groups in total. The van der Waals surface area contributed by atoms with Crippen LogP contribution >= 0.6 is 11.3 Å². The van der Waals surface area contributed by atoms with Gasteiger partial charge in [-0.05, 0) is 11.6 Å². The number of hydrogen-bond acceptors (Lipinski definition) is 4. The summed E-state index contributed by atoms with van der Waals surface area (Å²) >= 11 is 1.55. The highest BCUT2D eigenvalue weighted by Gasteiger charge is 2.25. The summed E-state index contributed by atoms with van der Waals surface area (Å²) in [6.07, 6.45) is 2.50. The molecule has 1 aliphatic rings. The van der Waals surface area contributed by atoms with E-state index in [2.05, 4.69) is 21.7 Å². The van der Waals surface area contributed by atoms with E-state index in [0.717, 1.165) is 17.1 Å². The van der Waals surface area contributed by atoms with Gasteiger partial charge in [0.15, 0.2) is 0 Å². The van der Waals surface area contributed by atoms with E-state index in [9.17, 15) is 4.79 Å². The number of hydrogen-bond donors (Lipinski definition) is 2. The number of nitrogens with zero attached hydrogens (tertiary/aromatic N) is 1. The van der Waals surface area contributed by atoms with Gasteiger partial charge in [-0.1, -0.05) is 18.2 Å². The van der Waals surface area contributed by atoms with Crippen LogP contribution in [0.25, 0.3) is 0 Å². The van der Waals surface area contributed by atoms with Crippen molar-refractivity contribution in [2.24, 2.45) is 0 Å². The highest BCUT2D eigenvalue weighted by molar-refractivity contribution is 7.09. The zero-order valence-electron chi connectivity index (χ0n) is 9.72. The molecule has 4 nitrogen and oxygen atoms in total. The van der Waals surface area contributed by atoms with Crippen LogP contribution in [0.3, 0.4) is 0 Å². The minimum absolute atomic E-state index is 0.0291. The molecule has 18 heavy (non-hydrogen) atoms. The molecule has 0 bridgehead atoms. The van der Waals surface area contributed by atoms with Gasteiger partial charge in [-0.25, -0.2) is 4.98 Å². The lowest BCUT2D eigenvalue weighted by Crippen LogP contribution is -2.37. The third-order valence-electron chi connectivity index (χ3n) is 2.98. The molecular weight excluding hydrogens is 246 g/mol. The lowest BCUT2D eigenvalue weighted by Gasteiger charge is -2.10. The van der Waals surface area contributed by atoms with Crippen LogP contribution in [0.2, 0.25) is 0 Å². The quantitative estimate of drug-likeness (QED) is 0.883. The average molecular weight is 259 g/mol. The number of rotatable bonds is 3. The van der Waals surface area contributed by atoms with Gasteiger partial charge in [0.1, 0.15) is 11.0 Å². The Labute approximate surface area is 109 Å². The Balaban J connectivity index is 1.59. The molecule has 0 aliphatic carbocycles. The molecular formula is C13H13N3OS. The first kappa shape index (κ1) is 11.2. The van der Waals surface area contributed by atoms with Gasteiger partial charge in [0.05, 0.1) is 6.54 Å². The molecule has 1 aromatic carbocycles. The van der Waals surface area contributed by atoms with Crippen LogP contribution in [0.5, 0.6) is 0 Å². The largest absolute Gasteiger partial charge is 0.373 e. The first-order valence-corrected chi connectivity index (χ1v) is 6.71. The number of thiazole rings is 1. The molecule has 1 aromatic heterocycles. The summed E-state index contributed by atoms with van der Waals surface area (Å²) in [7, 11) is 0. The molecule has 0 saturated heterocycles. The zero-order chi connectivity index (χ0) is 12.4. The van der Waals surface area contributed by atoms with Crippen molar-refractivity contribution in [1.29, 1.82) is 0 Å². The standard InChI is InChI=1S/C13H13N3OS/c17-13(15-8-12-14-5-6-18-12)11-7-9-3-1-2-4-10(9)16-11/h1-6,11,16H,7-8H2,(H,15,17). The number of benzene rings is 1. The Bertz CT molecular complexity index is 528. The highest BCUT2D eigenvalue weighted by atomic mass is 32.1. The van der Waals surface area contributed by atoms with Crippen molar-refractivity contribution in [2.45, 2.75) is 19.0 Å². The van der Waals surface area contributed by atoms with Gasteiger partial charge in [-0.3, -0.25) is 4.79 Å². The molecule has 5 heteroatoms. The predicted molar refractivity (Wildman–Crippen MR) is 71.5 cm³/mol. The first-order chi connectivity index (χ1) is 8.83. The van der Waals surface area contributed by atoms with Gasteiger partial charge in [0.25, 0.3) is 0 Å². The Kier molecular flexibility index (Phi) is 2.98. The van der Waals surface area contributed by atoms with Gasteiger partial charge in [0, 0.05) is 23.7 Å². The second kappa shape index (κ2) is 4.78. The van der Waals surface area contributed by atoms with E-state index in [1.807, 2.05) is 23.6 Å². The maximum Gasteiger partial charge on any atom is 0.243 e. The molecule has 0 radical (unpaired) electrons. The number of carbonyl (C=O) groups excluding carboxylic acids is 1. The van der Waals surface area contributed by atoms with Crippen LogP contribution in [-0.2, 0) is 17.8 Å². The van der Waals surface area contributed by atoms with Crippen molar-refractivity contribution >= 4 is 22.9 Å². The van der Waals surface area contributed by atoms with E-state index in [1.165, 1.54) is 5.56 Å². The summed E-state index contributed by atoms with van der Waals surface area (Å²) in [5.74, 6) is 0.0291. The Morgan fingerprint density at radius 1 is 1.50 bits per heavy atom. The van der Waals surface area contributed by atoms with Gasteiger partial charge < -0.3 is 10.6 Å². The molecule has 0 spiro atoms. The second-order valence-electron chi connectivity index (χ2n) is 4.20. The van der Waals surface area contributed by atoms with E-state index in [4.69, 9.17) is 0 Å². The van der Waals surface area contributed by atoms with E-state index < -0.39 is 0 Å². The number of amides is 1. The van der Waals surface area contributed by atoms with Gasteiger partial charge in [0.2, 0.25) is 5.91 Å². The van der Waals surface area contributed by atoms with Gasteiger partial charge in [-0.2, -0.15) is 0 Å². The van der Waals surface area contributed by atoms with Crippen LogP contribution in [0.4, 0.5) is 5.69 Å². The Morgan fingerprint density at radius 2 is 2.39 bits per heavy atom. The number of carbonyl (C=O) groups is 1. The summed E-state index contributed by atoms with van der Waals surface area (Å²) in [5.41, 5.74) is 2.26. The summed E-state index contributed by atoms with van der Waals surface area (Å²) in [5, 5.41) is 8.98. The normalized spacial score (nSPS) is 17.0. The fourth-order valence-corrected chi connectivity index (χ4v) is 2.64. The predicted octanol–water partition coefficient (Wildman–Crippen LogP) is 1.80. The lowest BCUT2D eigenvalue weighted by atomic mass is 10.1. The fourth-order valence-electron chi connectivity index (χ4n) is 2.08. The summed E-state index contributed by atoms with van der Waals surface area (Å²) in [6.45, 7) is 0.505. The van der Waals surface area contributed by atoms with Crippen LogP contribution in [-0.4, -0.2) is 16.9 Å². The molecule has 1 unspecified atom stereocenters. The summed E-state index contributed by atoms with van der Waals surface area (Å²) < 4.78 is 0. The Morgan fingerprint density at radius 3 is 3.17 bits per heavy atom. The van der Waals surface area contributed by atoms with Crippen LogP contribution in [0.1, 0.15) is 10.6 Å². The maximum absolute atomic E-state index is 12.0. The zero-order valence-corrected chi connectivity index (χ0v) is 10.5. The topological polar surface area (TPSA) is 54.0 Å². The van der Waals surface area contributed by atoms with Crippen molar-refractivity contribution in [1.82, 2.24) is 10.3 Å². The van der Waals surface area contributed by atoms with Crippen molar-refractivity contribution in [3.63, 3.8) is 0 Å². The second-order valence-corrected chi connectivity index (χ2v) is 5.18. The van der Waals surface area contributed by atoms with E-state index >= 15 is 0 Å². The van der Waals surface area contributed by atoms with Crippen molar-refractivity contribution in [3.05, 3.63) is 46.4 Å². The Hall–Kier alpha value is -1.88. The monoisotopic (exact) mass is 259 g/mol. The minimum atomic E-state index is -0.164. The SMILES string of the molecule is O=C(NCc1nccs1)C1Cc2ccccc2N1. The number of aromatic nitrogens is 1. The highest BCUT2D eigenvalue weighted by Crippen LogP contribution is 2.25. The van der Waals surface area contributed by atoms with E-state index in [-0.39, 0.29) is 11.9 Å². The summed E-state index contributed by atoms with van der Waals surface area (Å²) in [6, 6.07) is 7.86. The smallest absolute Gasteiger partial charge is 0.243 e. The van der Waals surface area contributed by atoms with Crippen LogP contribution < -0.4 is 10.6 Å². The van der Waals surface area contributed by atoms with Gasteiger partial charge in [-0.15, -0.1) is 11.3 Å².